The predicted molar refractivity (Wildman–Crippen MR) is 83.9 cm³/mol. The fourth-order valence-electron chi connectivity index (χ4n) is 2.09. The van der Waals surface area contributed by atoms with Crippen LogP contribution < -0.4 is 11.4 Å². The number of aromatic nitrogens is 4. The summed E-state index contributed by atoms with van der Waals surface area (Å²) in [6.07, 6.45) is 2.82. The highest BCUT2D eigenvalue weighted by Gasteiger charge is 2.13. The lowest BCUT2D eigenvalue weighted by molar-refractivity contribution is 0.695. The first-order valence-corrected chi connectivity index (χ1v) is 7.39. The maximum absolute atomic E-state index is 11.7. The third kappa shape index (κ3) is 2.50. The summed E-state index contributed by atoms with van der Waals surface area (Å²) in [4.78, 5) is 26.1. The van der Waals surface area contributed by atoms with E-state index in [0.29, 0.717) is 16.7 Å². The Balaban J connectivity index is 2.09. The van der Waals surface area contributed by atoms with E-state index in [1.54, 1.807) is 11.3 Å². The van der Waals surface area contributed by atoms with Gasteiger partial charge in [0.05, 0.1) is 23.2 Å². The molecule has 0 aliphatic heterocycles. The van der Waals surface area contributed by atoms with E-state index in [1.165, 1.54) is 17.0 Å². The highest BCUT2D eigenvalue weighted by molar-refractivity contribution is 7.18. The van der Waals surface area contributed by atoms with Gasteiger partial charge in [-0.1, -0.05) is 11.6 Å². The van der Waals surface area contributed by atoms with E-state index in [0.717, 1.165) is 20.7 Å². The predicted octanol–water partition coefficient (Wildman–Crippen LogP) is 2.15. The van der Waals surface area contributed by atoms with Crippen molar-refractivity contribution in [1.29, 1.82) is 0 Å². The quantitative estimate of drug-likeness (QED) is 0.781. The number of aryl methyl sites for hydroxylation is 2. The molecule has 3 aromatic rings. The number of nitrogens with two attached hydrogens (primary N) is 1. The number of halogens is 1. The largest absolute Gasteiger partial charge is 0.383 e. The van der Waals surface area contributed by atoms with Gasteiger partial charge < -0.3 is 5.73 Å². The van der Waals surface area contributed by atoms with Crippen LogP contribution in [0.4, 0.5) is 5.82 Å². The number of hydrogen-bond donors (Lipinski definition) is 1. The second-order valence-electron chi connectivity index (χ2n) is 4.67. The lowest BCUT2D eigenvalue weighted by atomic mass is 10.2. The van der Waals surface area contributed by atoms with Gasteiger partial charge in [-0.3, -0.25) is 4.57 Å². The normalized spacial score (nSPS) is 11.2. The van der Waals surface area contributed by atoms with Gasteiger partial charge in [-0.2, -0.15) is 0 Å². The lowest BCUT2D eigenvalue weighted by Gasteiger charge is -2.05. The summed E-state index contributed by atoms with van der Waals surface area (Å²) < 4.78 is 1.36. The van der Waals surface area contributed by atoms with Crippen LogP contribution in [0.1, 0.15) is 16.3 Å². The zero-order chi connectivity index (χ0) is 15.1. The van der Waals surface area contributed by atoms with E-state index in [-0.39, 0.29) is 6.54 Å². The van der Waals surface area contributed by atoms with Crippen LogP contribution in [-0.4, -0.2) is 19.5 Å². The van der Waals surface area contributed by atoms with Gasteiger partial charge in [0.25, 0.3) is 0 Å². The maximum atomic E-state index is 11.7. The van der Waals surface area contributed by atoms with Crippen molar-refractivity contribution in [2.75, 3.05) is 5.73 Å². The molecule has 0 fully saturated rings. The van der Waals surface area contributed by atoms with Gasteiger partial charge in [-0.15, -0.1) is 11.3 Å². The molecule has 0 radical (unpaired) electrons. The number of anilines is 1. The molecule has 0 amide bonds. The fraction of sp³-hybridized carbons (Fsp3) is 0.231. The van der Waals surface area contributed by atoms with Crippen LogP contribution in [0.15, 0.2) is 17.2 Å². The number of rotatable bonds is 2. The molecule has 8 heteroatoms. The molecule has 0 saturated heterocycles. The van der Waals surface area contributed by atoms with Crippen molar-refractivity contribution in [2.24, 2.45) is 0 Å². The summed E-state index contributed by atoms with van der Waals surface area (Å²) in [6.45, 7) is 4.20. The molecule has 0 unspecified atom stereocenters. The smallest absolute Gasteiger partial charge is 0.348 e. The fourth-order valence-corrected chi connectivity index (χ4v) is 3.31. The number of nitrogen functional groups attached to an aromatic ring is 1. The van der Waals surface area contributed by atoms with Crippen LogP contribution in [0.5, 0.6) is 0 Å². The molecule has 3 aromatic heterocycles. The summed E-state index contributed by atoms with van der Waals surface area (Å²) in [5.74, 6) is 0.896. The van der Waals surface area contributed by atoms with Crippen LogP contribution >= 0.6 is 22.9 Å². The van der Waals surface area contributed by atoms with E-state index in [9.17, 15) is 4.79 Å². The summed E-state index contributed by atoms with van der Waals surface area (Å²) in [5, 5.41) is 1.27. The van der Waals surface area contributed by atoms with Gasteiger partial charge in [-0.05, 0) is 19.4 Å². The van der Waals surface area contributed by atoms with E-state index >= 15 is 0 Å². The van der Waals surface area contributed by atoms with Crippen molar-refractivity contribution in [3.63, 3.8) is 0 Å². The average molecular weight is 322 g/mol. The summed E-state index contributed by atoms with van der Waals surface area (Å²) >= 11 is 7.41. The van der Waals surface area contributed by atoms with E-state index in [1.807, 2.05) is 13.8 Å². The Morgan fingerprint density at radius 1 is 1.38 bits per heavy atom. The molecule has 21 heavy (non-hydrogen) atoms. The van der Waals surface area contributed by atoms with E-state index in [4.69, 9.17) is 17.3 Å². The Morgan fingerprint density at radius 3 is 2.90 bits per heavy atom. The molecule has 2 N–H and O–H groups in total. The highest BCUT2D eigenvalue weighted by atomic mass is 35.5. The topological polar surface area (TPSA) is 86.7 Å². The van der Waals surface area contributed by atoms with Crippen LogP contribution in [0.2, 0.25) is 5.02 Å². The minimum atomic E-state index is -0.403. The molecule has 108 valence electrons. The SMILES string of the molecule is Cc1sc2nc(Cn3cc(Cl)cnc3=O)nc(N)c2c1C. The molecule has 0 spiro atoms. The van der Waals surface area contributed by atoms with Crippen molar-refractivity contribution in [1.82, 2.24) is 19.5 Å². The zero-order valence-corrected chi connectivity index (χ0v) is 13.0. The van der Waals surface area contributed by atoms with Gasteiger partial charge >= 0.3 is 5.69 Å². The minimum Gasteiger partial charge on any atom is -0.383 e. The first kappa shape index (κ1) is 14.0. The average Bonchev–Trinajstić information content (AvgIpc) is 2.70. The Morgan fingerprint density at radius 2 is 2.14 bits per heavy atom. The lowest BCUT2D eigenvalue weighted by Crippen LogP contribution is -2.23. The Bertz CT molecular complexity index is 901. The third-order valence-corrected chi connectivity index (χ3v) is 4.53. The van der Waals surface area contributed by atoms with Gasteiger partial charge in [0.2, 0.25) is 0 Å². The molecule has 3 rings (SSSR count). The molecule has 0 aliphatic rings. The highest BCUT2D eigenvalue weighted by Crippen LogP contribution is 2.31. The Kier molecular flexibility index (Phi) is 3.38. The van der Waals surface area contributed by atoms with E-state index in [2.05, 4.69) is 15.0 Å². The molecule has 0 atom stereocenters. The van der Waals surface area contributed by atoms with Gasteiger partial charge in [0.15, 0.2) is 5.82 Å². The van der Waals surface area contributed by atoms with Crippen molar-refractivity contribution in [3.05, 3.63) is 44.2 Å². The summed E-state index contributed by atoms with van der Waals surface area (Å²) in [7, 11) is 0. The Labute approximate surface area is 129 Å². The number of fused-ring (bicyclic) bond motifs is 1. The molecule has 0 aromatic carbocycles. The zero-order valence-electron chi connectivity index (χ0n) is 11.4. The van der Waals surface area contributed by atoms with Gasteiger partial charge in [0.1, 0.15) is 10.6 Å². The molecule has 3 heterocycles. The number of thiophene rings is 1. The van der Waals surface area contributed by atoms with Gasteiger partial charge in [0, 0.05) is 11.1 Å². The van der Waals surface area contributed by atoms with Crippen LogP contribution in [0.25, 0.3) is 10.2 Å². The number of hydrogen-bond acceptors (Lipinski definition) is 6. The molecule has 0 bridgehead atoms. The van der Waals surface area contributed by atoms with Crippen LogP contribution in [0, 0.1) is 13.8 Å². The summed E-state index contributed by atoms with van der Waals surface area (Å²) in [6, 6.07) is 0. The first-order chi connectivity index (χ1) is 9.95. The second kappa shape index (κ2) is 5.09. The molecule has 0 aliphatic carbocycles. The minimum absolute atomic E-state index is 0.183. The first-order valence-electron chi connectivity index (χ1n) is 6.20. The van der Waals surface area contributed by atoms with Crippen molar-refractivity contribution in [3.8, 4) is 0 Å². The van der Waals surface area contributed by atoms with Crippen LogP contribution in [-0.2, 0) is 6.54 Å². The van der Waals surface area contributed by atoms with Crippen LogP contribution in [0.3, 0.4) is 0 Å². The Hall–Kier alpha value is -1.99. The van der Waals surface area contributed by atoms with Crippen molar-refractivity contribution in [2.45, 2.75) is 20.4 Å². The molecular formula is C13H12ClN5OS. The summed E-state index contributed by atoms with van der Waals surface area (Å²) in [5.41, 5.74) is 6.71. The molecule has 6 nitrogen and oxygen atoms in total. The standard InChI is InChI=1S/C13H12ClN5OS/c1-6-7(2)21-12-10(6)11(15)17-9(18-12)5-19-4-8(14)3-16-13(19)20/h3-4H,5H2,1-2H3,(H2,15,17,18). The van der Waals surface area contributed by atoms with Gasteiger partial charge in [-0.25, -0.2) is 19.7 Å². The molecular weight excluding hydrogens is 310 g/mol. The third-order valence-electron chi connectivity index (χ3n) is 3.24. The number of nitrogens with zero attached hydrogens (tertiary/aromatic N) is 4. The molecule has 0 saturated carbocycles. The maximum Gasteiger partial charge on any atom is 0.348 e. The van der Waals surface area contributed by atoms with E-state index < -0.39 is 5.69 Å². The van der Waals surface area contributed by atoms with Crippen molar-refractivity contribution >= 4 is 39.0 Å². The van der Waals surface area contributed by atoms with Crippen molar-refractivity contribution < 1.29 is 0 Å². The second-order valence-corrected chi connectivity index (χ2v) is 6.31. The monoisotopic (exact) mass is 321 g/mol.